The van der Waals surface area contributed by atoms with Crippen molar-refractivity contribution in [1.29, 1.82) is 0 Å². The quantitative estimate of drug-likeness (QED) is 0.487. The molecule has 0 fully saturated rings. The molecule has 0 aliphatic rings. The summed E-state index contributed by atoms with van der Waals surface area (Å²) >= 11 is 0. The lowest BCUT2D eigenvalue weighted by Crippen LogP contribution is -2.47. The molecule has 0 heterocycles. The Balaban J connectivity index is 1.95. The number of likely N-dealkylation sites (N-methyl/N-ethyl adjacent to an activating group) is 1. The van der Waals surface area contributed by atoms with E-state index in [1.807, 2.05) is 32.9 Å². The lowest BCUT2D eigenvalue weighted by atomic mass is 10.0. The lowest BCUT2D eigenvalue weighted by Gasteiger charge is -2.22. The molecule has 3 amide bonds. The highest BCUT2D eigenvalue weighted by Gasteiger charge is 2.25. The van der Waals surface area contributed by atoms with E-state index in [0.717, 1.165) is 25.2 Å². The first-order valence-electron chi connectivity index (χ1n) is 11.5. The second kappa shape index (κ2) is 12.7. The number of aryl methyl sites for hydroxylation is 1. The van der Waals surface area contributed by atoms with E-state index in [1.165, 1.54) is 0 Å². The molecular weight excluding hydrogens is 416 g/mol. The summed E-state index contributed by atoms with van der Waals surface area (Å²) in [7, 11) is 0. The normalized spacial score (nSPS) is 11.8. The van der Waals surface area contributed by atoms with Crippen molar-refractivity contribution in [3.05, 3.63) is 65.2 Å². The molecule has 1 atom stereocenters. The van der Waals surface area contributed by atoms with Gasteiger partial charge in [-0.25, -0.2) is 0 Å². The van der Waals surface area contributed by atoms with Crippen LogP contribution < -0.4 is 16.0 Å². The zero-order valence-electron chi connectivity index (χ0n) is 20.3. The fourth-order valence-electron chi connectivity index (χ4n) is 3.44. The second-order valence-corrected chi connectivity index (χ2v) is 8.41. The minimum atomic E-state index is -0.693. The van der Waals surface area contributed by atoms with Crippen LogP contribution in [0.25, 0.3) is 0 Å². The van der Waals surface area contributed by atoms with Crippen molar-refractivity contribution < 1.29 is 14.4 Å². The Morgan fingerprint density at radius 3 is 2.15 bits per heavy atom. The predicted octanol–water partition coefficient (Wildman–Crippen LogP) is 3.46. The fraction of sp³-hybridized carbons (Fsp3) is 0.423. The van der Waals surface area contributed by atoms with Crippen LogP contribution in [0.4, 0.5) is 5.69 Å². The highest BCUT2D eigenvalue weighted by Crippen LogP contribution is 2.13. The summed E-state index contributed by atoms with van der Waals surface area (Å²) in [6.45, 7) is 13.1. The molecule has 2 rings (SSSR count). The molecule has 0 bridgehead atoms. The molecule has 0 saturated carbocycles. The summed E-state index contributed by atoms with van der Waals surface area (Å²) in [4.78, 5) is 40.1. The van der Waals surface area contributed by atoms with Crippen LogP contribution >= 0.6 is 0 Å². The van der Waals surface area contributed by atoms with E-state index in [-0.39, 0.29) is 23.6 Å². The lowest BCUT2D eigenvalue weighted by molar-refractivity contribution is -0.118. The summed E-state index contributed by atoms with van der Waals surface area (Å²) < 4.78 is 0. The van der Waals surface area contributed by atoms with E-state index in [9.17, 15) is 14.4 Å². The molecule has 7 heteroatoms. The van der Waals surface area contributed by atoms with Crippen LogP contribution in [0.3, 0.4) is 0 Å². The molecule has 3 N–H and O–H groups in total. The molecule has 0 radical (unpaired) electrons. The van der Waals surface area contributed by atoms with E-state index in [4.69, 9.17) is 0 Å². The molecular formula is C26H36N4O3. The molecule has 0 saturated heterocycles. The zero-order valence-corrected chi connectivity index (χ0v) is 20.3. The molecule has 0 aromatic heterocycles. The van der Waals surface area contributed by atoms with E-state index >= 15 is 0 Å². The molecule has 2 aromatic rings. The zero-order chi connectivity index (χ0) is 24.4. The topological polar surface area (TPSA) is 90.5 Å². The summed E-state index contributed by atoms with van der Waals surface area (Å²) in [5, 5.41) is 8.59. The maximum Gasteiger partial charge on any atom is 0.251 e. The number of rotatable bonds is 11. The van der Waals surface area contributed by atoms with Crippen molar-refractivity contribution in [3.63, 3.8) is 0 Å². The van der Waals surface area contributed by atoms with Gasteiger partial charge in [0, 0.05) is 29.9 Å². The van der Waals surface area contributed by atoms with Crippen molar-refractivity contribution in [2.75, 3.05) is 31.5 Å². The molecule has 33 heavy (non-hydrogen) atoms. The molecule has 0 aliphatic carbocycles. The van der Waals surface area contributed by atoms with Crippen molar-refractivity contribution >= 4 is 23.4 Å². The number of nitrogens with zero attached hydrogens (tertiary/aromatic N) is 1. The minimum absolute atomic E-state index is 0.102. The Morgan fingerprint density at radius 2 is 1.58 bits per heavy atom. The van der Waals surface area contributed by atoms with Crippen LogP contribution in [0, 0.1) is 12.8 Å². The Labute approximate surface area is 196 Å². The number of hydrogen-bond acceptors (Lipinski definition) is 4. The van der Waals surface area contributed by atoms with Crippen molar-refractivity contribution in [2.45, 2.75) is 40.7 Å². The Hall–Kier alpha value is -3.19. The highest BCUT2D eigenvalue weighted by atomic mass is 16.2. The van der Waals surface area contributed by atoms with Gasteiger partial charge in [0.25, 0.3) is 11.8 Å². The number of anilines is 1. The third-order valence-corrected chi connectivity index (χ3v) is 5.54. The highest BCUT2D eigenvalue weighted by molar-refractivity contribution is 6.01. The van der Waals surface area contributed by atoms with Gasteiger partial charge in [-0.2, -0.15) is 0 Å². The number of carbonyl (C=O) groups is 3. The van der Waals surface area contributed by atoms with Gasteiger partial charge in [0.2, 0.25) is 5.91 Å². The first-order valence-corrected chi connectivity index (χ1v) is 11.5. The van der Waals surface area contributed by atoms with Gasteiger partial charge in [-0.1, -0.05) is 45.4 Å². The van der Waals surface area contributed by atoms with Gasteiger partial charge in [0.15, 0.2) is 0 Å². The molecule has 0 aliphatic heterocycles. The SMILES string of the molecule is CCN(CC)CCNC(=O)c1ccc(NC(=O)C(NC(=O)c2cccc(C)c2)C(C)C)cc1. The minimum Gasteiger partial charge on any atom is -0.351 e. The van der Waals surface area contributed by atoms with E-state index in [0.29, 0.717) is 23.4 Å². The Kier molecular flexibility index (Phi) is 10.1. The van der Waals surface area contributed by atoms with Crippen molar-refractivity contribution in [1.82, 2.24) is 15.5 Å². The smallest absolute Gasteiger partial charge is 0.251 e. The number of amides is 3. The van der Waals surface area contributed by atoms with E-state index in [1.54, 1.807) is 36.4 Å². The maximum absolute atomic E-state index is 12.9. The van der Waals surface area contributed by atoms with Crippen LogP contribution in [0.1, 0.15) is 54.0 Å². The van der Waals surface area contributed by atoms with Crippen LogP contribution in [0.2, 0.25) is 0 Å². The van der Waals surface area contributed by atoms with Gasteiger partial charge >= 0.3 is 0 Å². The standard InChI is InChI=1S/C26H36N4O3/c1-6-30(7-2)16-15-27-24(31)20-11-13-22(14-12-20)28-26(33)23(18(3)4)29-25(32)21-10-8-9-19(5)17-21/h8-14,17-18,23H,6-7,15-16H2,1-5H3,(H,27,31)(H,28,33)(H,29,32). The molecule has 0 spiro atoms. The third-order valence-electron chi connectivity index (χ3n) is 5.54. The van der Waals surface area contributed by atoms with Crippen LogP contribution in [-0.4, -0.2) is 54.8 Å². The second-order valence-electron chi connectivity index (χ2n) is 8.41. The average molecular weight is 453 g/mol. The predicted molar refractivity (Wildman–Crippen MR) is 132 cm³/mol. The van der Waals surface area contributed by atoms with E-state index < -0.39 is 6.04 Å². The Morgan fingerprint density at radius 1 is 0.909 bits per heavy atom. The summed E-state index contributed by atoms with van der Waals surface area (Å²) in [6.07, 6.45) is 0. The van der Waals surface area contributed by atoms with Gasteiger partial charge in [0.05, 0.1) is 0 Å². The number of hydrogen-bond donors (Lipinski definition) is 3. The third kappa shape index (κ3) is 8.02. The molecule has 2 aromatic carbocycles. The van der Waals surface area contributed by atoms with Gasteiger partial charge in [-0.05, 0) is 62.3 Å². The van der Waals surface area contributed by atoms with Crippen molar-refractivity contribution in [3.8, 4) is 0 Å². The van der Waals surface area contributed by atoms with Crippen molar-refractivity contribution in [2.24, 2.45) is 5.92 Å². The van der Waals surface area contributed by atoms with E-state index in [2.05, 4.69) is 34.7 Å². The summed E-state index contributed by atoms with van der Waals surface area (Å²) in [5.41, 5.74) is 2.59. The number of carbonyl (C=O) groups excluding carboxylic acids is 3. The van der Waals surface area contributed by atoms with Gasteiger partial charge < -0.3 is 20.9 Å². The van der Waals surface area contributed by atoms with Gasteiger partial charge in [-0.15, -0.1) is 0 Å². The van der Waals surface area contributed by atoms with Crippen LogP contribution in [0.5, 0.6) is 0 Å². The first-order chi connectivity index (χ1) is 15.7. The Bertz CT molecular complexity index is 937. The fourth-order valence-corrected chi connectivity index (χ4v) is 3.44. The maximum atomic E-state index is 12.9. The van der Waals surface area contributed by atoms with Crippen LogP contribution in [0.15, 0.2) is 48.5 Å². The monoisotopic (exact) mass is 452 g/mol. The van der Waals surface area contributed by atoms with Gasteiger partial charge in [0.1, 0.15) is 6.04 Å². The first kappa shape index (κ1) is 26.1. The summed E-state index contributed by atoms with van der Waals surface area (Å²) in [6, 6.07) is 13.3. The number of benzene rings is 2. The van der Waals surface area contributed by atoms with Gasteiger partial charge in [-0.3, -0.25) is 14.4 Å². The van der Waals surface area contributed by atoms with Crippen LogP contribution in [-0.2, 0) is 4.79 Å². The average Bonchev–Trinajstić information content (AvgIpc) is 2.80. The molecule has 1 unspecified atom stereocenters. The molecule has 178 valence electrons. The summed E-state index contributed by atoms with van der Waals surface area (Å²) in [5.74, 6) is -0.841. The largest absolute Gasteiger partial charge is 0.351 e. The molecule has 7 nitrogen and oxygen atoms in total. The number of nitrogens with one attached hydrogen (secondary N) is 3.